The summed E-state index contributed by atoms with van der Waals surface area (Å²) >= 11 is 4.99. The molecule has 0 atom stereocenters. The summed E-state index contributed by atoms with van der Waals surface area (Å²) in [6.07, 6.45) is 0.771. The lowest BCUT2D eigenvalue weighted by molar-refractivity contribution is -0.126. The summed E-state index contributed by atoms with van der Waals surface area (Å²) in [5.41, 5.74) is 6.35. The SMILES string of the molecule is CCOCC(=O)NNC(=S)NC(=O)c1cccc(OCCc2ccccc2)c1. The van der Waals surface area contributed by atoms with Crippen LogP contribution in [0.15, 0.2) is 54.6 Å². The summed E-state index contributed by atoms with van der Waals surface area (Å²) < 4.78 is 10.7. The fourth-order valence-corrected chi connectivity index (χ4v) is 2.37. The number of rotatable bonds is 8. The van der Waals surface area contributed by atoms with Crippen molar-refractivity contribution >= 4 is 29.1 Å². The molecular weight excluding hydrogens is 378 g/mol. The minimum Gasteiger partial charge on any atom is -0.493 e. The van der Waals surface area contributed by atoms with Gasteiger partial charge in [-0.1, -0.05) is 36.4 Å². The second-order valence-electron chi connectivity index (χ2n) is 5.71. The van der Waals surface area contributed by atoms with Crippen LogP contribution in [-0.2, 0) is 16.0 Å². The highest BCUT2D eigenvalue weighted by molar-refractivity contribution is 7.80. The third kappa shape index (κ3) is 7.73. The topological polar surface area (TPSA) is 88.7 Å². The molecule has 0 saturated heterocycles. The number of carbonyl (C=O) groups is 2. The summed E-state index contributed by atoms with van der Waals surface area (Å²) in [7, 11) is 0. The van der Waals surface area contributed by atoms with Crippen molar-refractivity contribution in [3.63, 3.8) is 0 Å². The first-order valence-electron chi connectivity index (χ1n) is 8.83. The maximum absolute atomic E-state index is 12.3. The van der Waals surface area contributed by atoms with Gasteiger partial charge in [-0.25, -0.2) is 0 Å². The van der Waals surface area contributed by atoms with E-state index in [1.54, 1.807) is 31.2 Å². The molecular formula is C20H23N3O4S. The molecule has 2 aromatic rings. The smallest absolute Gasteiger partial charge is 0.264 e. The van der Waals surface area contributed by atoms with Crippen LogP contribution in [0.1, 0.15) is 22.8 Å². The minimum absolute atomic E-state index is 0.0229. The van der Waals surface area contributed by atoms with Gasteiger partial charge in [0.2, 0.25) is 0 Å². The number of hydrazine groups is 1. The molecule has 0 radical (unpaired) electrons. The molecule has 0 aliphatic heterocycles. The Hall–Kier alpha value is -2.97. The van der Waals surface area contributed by atoms with Gasteiger partial charge in [-0.2, -0.15) is 0 Å². The van der Waals surface area contributed by atoms with Gasteiger partial charge in [-0.05, 0) is 42.9 Å². The zero-order chi connectivity index (χ0) is 20.2. The summed E-state index contributed by atoms with van der Waals surface area (Å²) in [4.78, 5) is 23.7. The van der Waals surface area contributed by atoms with E-state index >= 15 is 0 Å². The maximum atomic E-state index is 12.3. The van der Waals surface area contributed by atoms with Crippen molar-refractivity contribution in [2.45, 2.75) is 13.3 Å². The van der Waals surface area contributed by atoms with Crippen LogP contribution in [0.5, 0.6) is 5.75 Å². The third-order valence-corrected chi connectivity index (χ3v) is 3.78. The van der Waals surface area contributed by atoms with Crippen molar-refractivity contribution in [3.05, 3.63) is 65.7 Å². The summed E-state index contributed by atoms with van der Waals surface area (Å²) in [6, 6.07) is 16.8. The van der Waals surface area contributed by atoms with Crippen LogP contribution >= 0.6 is 12.2 Å². The number of hydrogen-bond donors (Lipinski definition) is 3. The van der Waals surface area contributed by atoms with E-state index in [4.69, 9.17) is 21.7 Å². The molecule has 0 saturated carbocycles. The quantitative estimate of drug-likeness (QED) is 0.463. The molecule has 2 rings (SSSR count). The molecule has 8 heteroatoms. The lowest BCUT2D eigenvalue weighted by Gasteiger charge is -2.11. The Balaban J connectivity index is 1.79. The van der Waals surface area contributed by atoms with Crippen LogP contribution in [0, 0.1) is 0 Å². The number of hydrogen-bond acceptors (Lipinski definition) is 5. The Morgan fingerprint density at radius 1 is 1.04 bits per heavy atom. The van der Waals surface area contributed by atoms with Crippen molar-refractivity contribution in [1.29, 1.82) is 0 Å². The molecule has 2 aromatic carbocycles. The fourth-order valence-electron chi connectivity index (χ4n) is 2.22. The maximum Gasteiger partial charge on any atom is 0.264 e. The highest BCUT2D eigenvalue weighted by Gasteiger charge is 2.10. The Morgan fingerprint density at radius 3 is 2.57 bits per heavy atom. The Morgan fingerprint density at radius 2 is 1.82 bits per heavy atom. The normalized spacial score (nSPS) is 10.0. The number of amides is 2. The standard InChI is InChI=1S/C20H23N3O4S/c1-2-26-14-18(24)22-23-20(28)21-19(25)16-9-6-10-17(13-16)27-12-11-15-7-4-3-5-8-15/h3-10,13H,2,11-12,14H2,1H3,(H,22,24)(H2,21,23,25,28). The van der Waals surface area contributed by atoms with Gasteiger partial charge in [0.1, 0.15) is 12.4 Å². The first-order valence-corrected chi connectivity index (χ1v) is 9.24. The van der Waals surface area contributed by atoms with Gasteiger partial charge < -0.3 is 9.47 Å². The van der Waals surface area contributed by atoms with Gasteiger partial charge in [0.25, 0.3) is 11.8 Å². The summed E-state index contributed by atoms with van der Waals surface area (Å²) in [5, 5.41) is 2.46. The molecule has 0 bridgehead atoms. The van der Waals surface area contributed by atoms with E-state index in [-0.39, 0.29) is 11.7 Å². The van der Waals surface area contributed by atoms with Crippen LogP contribution in [0.2, 0.25) is 0 Å². The van der Waals surface area contributed by atoms with Gasteiger partial charge in [0.15, 0.2) is 5.11 Å². The number of carbonyl (C=O) groups excluding carboxylic acids is 2. The molecule has 0 spiro atoms. The molecule has 28 heavy (non-hydrogen) atoms. The van der Waals surface area contributed by atoms with E-state index < -0.39 is 11.8 Å². The fraction of sp³-hybridized carbons (Fsp3) is 0.250. The van der Waals surface area contributed by atoms with Crippen LogP contribution in [-0.4, -0.2) is 36.7 Å². The van der Waals surface area contributed by atoms with E-state index in [0.29, 0.717) is 24.5 Å². The summed E-state index contributed by atoms with van der Waals surface area (Å²) in [5.74, 6) is -0.218. The molecule has 0 unspecified atom stereocenters. The van der Waals surface area contributed by atoms with E-state index in [1.165, 1.54) is 5.56 Å². The molecule has 0 heterocycles. The van der Waals surface area contributed by atoms with E-state index in [1.807, 2.05) is 30.3 Å². The first kappa shape index (κ1) is 21.3. The van der Waals surface area contributed by atoms with Gasteiger partial charge in [0.05, 0.1) is 6.61 Å². The number of thiocarbonyl (C=S) groups is 1. The van der Waals surface area contributed by atoms with Gasteiger partial charge >= 0.3 is 0 Å². The molecule has 0 fully saturated rings. The predicted molar refractivity (Wildman–Crippen MR) is 110 cm³/mol. The van der Waals surface area contributed by atoms with E-state index in [2.05, 4.69) is 16.2 Å². The monoisotopic (exact) mass is 401 g/mol. The van der Waals surface area contributed by atoms with Crippen LogP contribution in [0.25, 0.3) is 0 Å². The van der Waals surface area contributed by atoms with Crippen molar-refractivity contribution in [2.24, 2.45) is 0 Å². The van der Waals surface area contributed by atoms with Gasteiger partial charge in [-0.3, -0.25) is 25.8 Å². The third-order valence-electron chi connectivity index (χ3n) is 3.58. The molecule has 0 aliphatic rings. The highest BCUT2D eigenvalue weighted by atomic mass is 32.1. The molecule has 0 aromatic heterocycles. The van der Waals surface area contributed by atoms with E-state index in [9.17, 15) is 9.59 Å². The van der Waals surface area contributed by atoms with Crippen LogP contribution in [0.4, 0.5) is 0 Å². The van der Waals surface area contributed by atoms with Crippen LogP contribution in [0.3, 0.4) is 0 Å². The molecule has 7 nitrogen and oxygen atoms in total. The number of nitrogens with one attached hydrogen (secondary N) is 3. The van der Waals surface area contributed by atoms with Gasteiger partial charge in [0, 0.05) is 18.6 Å². The van der Waals surface area contributed by atoms with Crippen molar-refractivity contribution in [2.75, 3.05) is 19.8 Å². The second kappa shape index (κ2) is 11.7. The average Bonchev–Trinajstić information content (AvgIpc) is 2.71. The number of benzene rings is 2. The minimum atomic E-state index is -0.412. The lowest BCUT2D eigenvalue weighted by atomic mass is 10.2. The summed E-state index contributed by atoms with van der Waals surface area (Å²) in [6.45, 7) is 2.62. The lowest BCUT2D eigenvalue weighted by Crippen LogP contribution is -2.49. The predicted octanol–water partition coefficient (Wildman–Crippen LogP) is 1.98. The molecule has 148 valence electrons. The second-order valence-corrected chi connectivity index (χ2v) is 6.11. The van der Waals surface area contributed by atoms with Crippen molar-refractivity contribution in [3.8, 4) is 5.75 Å². The number of ether oxygens (including phenoxy) is 2. The van der Waals surface area contributed by atoms with Gasteiger partial charge in [-0.15, -0.1) is 0 Å². The van der Waals surface area contributed by atoms with Crippen molar-refractivity contribution < 1.29 is 19.1 Å². The molecule has 2 amide bonds. The largest absolute Gasteiger partial charge is 0.493 e. The zero-order valence-electron chi connectivity index (χ0n) is 15.6. The highest BCUT2D eigenvalue weighted by Crippen LogP contribution is 2.14. The average molecular weight is 401 g/mol. The Kier molecular flexibility index (Phi) is 8.90. The van der Waals surface area contributed by atoms with Crippen LogP contribution < -0.4 is 20.9 Å². The zero-order valence-corrected chi connectivity index (χ0v) is 16.4. The molecule has 0 aliphatic carbocycles. The first-order chi connectivity index (χ1) is 13.6. The van der Waals surface area contributed by atoms with E-state index in [0.717, 1.165) is 6.42 Å². The molecule has 3 N–H and O–H groups in total. The van der Waals surface area contributed by atoms with Crippen molar-refractivity contribution in [1.82, 2.24) is 16.2 Å². The Bertz CT molecular complexity index is 799. The Labute approximate surface area is 169 Å².